The molecule has 0 aliphatic carbocycles. The minimum Gasteiger partial charge on any atom is -0.454 e. The van der Waals surface area contributed by atoms with Crippen molar-refractivity contribution < 1.29 is 14.3 Å². The van der Waals surface area contributed by atoms with Gasteiger partial charge in [0.15, 0.2) is 11.5 Å². The minimum absolute atomic E-state index is 0.0967. The van der Waals surface area contributed by atoms with E-state index in [2.05, 4.69) is 15.3 Å². The Labute approximate surface area is 161 Å². The molecule has 0 spiro atoms. The molecule has 0 bridgehead atoms. The molecule has 1 aromatic heterocycles. The molecule has 0 atom stereocenters. The van der Waals surface area contributed by atoms with Crippen LogP contribution in [0, 0.1) is 6.92 Å². The number of hydrogen-bond acceptors (Lipinski definition) is 5. The van der Waals surface area contributed by atoms with Crippen LogP contribution in [0.3, 0.4) is 0 Å². The summed E-state index contributed by atoms with van der Waals surface area (Å²) in [7, 11) is 0. The van der Waals surface area contributed by atoms with E-state index < -0.39 is 0 Å². The number of fused-ring (bicyclic) bond motifs is 1. The van der Waals surface area contributed by atoms with Crippen LogP contribution in [-0.2, 0) is 11.2 Å². The summed E-state index contributed by atoms with van der Waals surface area (Å²) < 4.78 is 10.7. The summed E-state index contributed by atoms with van der Waals surface area (Å²) in [6.45, 7) is 2.00. The number of anilines is 1. The third-order valence-corrected chi connectivity index (χ3v) is 4.37. The van der Waals surface area contributed by atoms with Crippen LogP contribution in [-0.4, -0.2) is 22.7 Å². The molecule has 2 N–H and O–H groups in total. The van der Waals surface area contributed by atoms with Gasteiger partial charge in [0.05, 0.1) is 0 Å². The number of ether oxygens (including phenoxy) is 2. The van der Waals surface area contributed by atoms with Crippen molar-refractivity contribution in [2.45, 2.75) is 19.8 Å². The Kier molecular flexibility index (Phi) is 4.80. The second-order valence-corrected chi connectivity index (χ2v) is 6.55. The number of rotatable bonds is 5. The zero-order chi connectivity index (χ0) is 19.5. The molecule has 0 saturated heterocycles. The molecular weight excluding hydrogens is 358 g/mol. The number of aromatic amines is 1. The maximum absolute atomic E-state index is 12.3. The van der Waals surface area contributed by atoms with Crippen molar-refractivity contribution in [1.82, 2.24) is 9.97 Å². The molecule has 0 radical (unpaired) electrons. The number of benzene rings is 2. The summed E-state index contributed by atoms with van der Waals surface area (Å²) in [4.78, 5) is 31.0. The van der Waals surface area contributed by atoms with Gasteiger partial charge in [0.2, 0.25) is 12.7 Å². The first kappa shape index (κ1) is 17.8. The number of hydrogen-bond donors (Lipinski definition) is 2. The topological polar surface area (TPSA) is 93.3 Å². The fourth-order valence-corrected chi connectivity index (χ4v) is 3.04. The van der Waals surface area contributed by atoms with Gasteiger partial charge in [0, 0.05) is 29.4 Å². The quantitative estimate of drug-likeness (QED) is 0.713. The maximum atomic E-state index is 12.3. The highest BCUT2D eigenvalue weighted by molar-refractivity contribution is 5.91. The number of nitrogens with one attached hydrogen (secondary N) is 2. The summed E-state index contributed by atoms with van der Waals surface area (Å²) >= 11 is 0. The third kappa shape index (κ3) is 4.03. The smallest absolute Gasteiger partial charge is 0.251 e. The zero-order valence-electron chi connectivity index (χ0n) is 15.3. The molecule has 142 valence electrons. The Morgan fingerprint density at radius 2 is 2.00 bits per heavy atom. The van der Waals surface area contributed by atoms with Crippen molar-refractivity contribution in [1.29, 1.82) is 0 Å². The molecule has 3 aromatic rings. The van der Waals surface area contributed by atoms with Crippen LogP contribution >= 0.6 is 0 Å². The molecule has 28 heavy (non-hydrogen) atoms. The fraction of sp³-hybridized carbons (Fsp3) is 0.190. The molecule has 1 aliphatic rings. The lowest BCUT2D eigenvalue weighted by atomic mass is 10.1. The molecule has 1 amide bonds. The Morgan fingerprint density at radius 3 is 2.86 bits per heavy atom. The van der Waals surface area contributed by atoms with Gasteiger partial charge < -0.3 is 19.8 Å². The highest BCUT2D eigenvalue weighted by Crippen LogP contribution is 2.32. The third-order valence-electron chi connectivity index (χ3n) is 4.37. The zero-order valence-corrected chi connectivity index (χ0v) is 15.3. The Hall–Kier alpha value is -3.61. The monoisotopic (exact) mass is 377 g/mol. The lowest BCUT2D eigenvalue weighted by molar-refractivity contribution is -0.116. The van der Waals surface area contributed by atoms with Gasteiger partial charge in [-0.1, -0.05) is 18.2 Å². The van der Waals surface area contributed by atoms with Gasteiger partial charge in [0.25, 0.3) is 5.56 Å². The highest BCUT2D eigenvalue weighted by Gasteiger charge is 2.14. The molecule has 4 rings (SSSR count). The van der Waals surface area contributed by atoms with Crippen LogP contribution < -0.4 is 20.3 Å². The van der Waals surface area contributed by atoms with Gasteiger partial charge in [-0.3, -0.25) is 9.59 Å². The minimum atomic E-state index is -0.208. The Bertz CT molecular complexity index is 1090. The largest absolute Gasteiger partial charge is 0.454 e. The number of carbonyl (C=O) groups excluding carboxylic acids is 1. The molecule has 0 saturated carbocycles. The number of H-pyrrole nitrogens is 1. The lowest BCUT2D eigenvalue weighted by Crippen LogP contribution is -2.12. The maximum Gasteiger partial charge on any atom is 0.251 e. The van der Waals surface area contributed by atoms with Crippen molar-refractivity contribution in [2.24, 2.45) is 0 Å². The van der Waals surface area contributed by atoms with Crippen LogP contribution in [0.25, 0.3) is 11.4 Å². The number of amides is 1. The molecule has 0 fully saturated rings. The molecule has 2 aromatic carbocycles. The van der Waals surface area contributed by atoms with Crippen LogP contribution in [0.15, 0.2) is 53.3 Å². The summed E-state index contributed by atoms with van der Waals surface area (Å²) in [5, 5.41) is 2.89. The van der Waals surface area contributed by atoms with Crippen LogP contribution in [0.2, 0.25) is 0 Å². The van der Waals surface area contributed by atoms with Crippen molar-refractivity contribution in [3.8, 4) is 22.9 Å². The predicted octanol–water partition coefficient (Wildman–Crippen LogP) is 3.05. The first-order valence-corrected chi connectivity index (χ1v) is 8.93. The number of nitrogens with zero attached hydrogens (tertiary/aromatic N) is 1. The normalized spacial score (nSPS) is 12.0. The Morgan fingerprint density at radius 1 is 1.14 bits per heavy atom. The van der Waals surface area contributed by atoms with E-state index in [1.165, 1.54) is 6.07 Å². The fourth-order valence-electron chi connectivity index (χ4n) is 3.04. The summed E-state index contributed by atoms with van der Waals surface area (Å²) in [6, 6.07) is 14.4. The van der Waals surface area contributed by atoms with E-state index in [0.29, 0.717) is 35.8 Å². The van der Waals surface area contributed by atoms with Crippen molar-refractivity contribution in [3.05, 3.63) is 70.1 Å². The van der Waals surface area contributed by atoms with Crippen LogP contribution in [0.1, 0.15) is 17.7 Å². The van der Waals surface area contributed by atoms with Gasteiger partial charge in [-0.15, -0.1) is 0 Å². The first-order valence-electron chi connectivity index (χ1n) is 8.93. The van der Waals surface area contributed by atoms with E-state index >= 15 is 0 Å². The highest BCUT2D eigenvalue weighted by atomic mass is 16.7. The molecule has 0 unspecified atom stereocenters. The average molecular weight is 377 g/mol. The lowest BCUT2D eigenvalue weighted by Gasteiger charge is -2.08. The number of aryl methyl sites for hydroxylation is 2. The van der Waals surface area contributed by atoms with E-state index in [1.807, 2.05) is 30.3 Å². The van der Waals surface area contributed by atoms with Crippen molar-refractivity contribution in [2.75, 3.05) is 12.1 Å². The summed E-state index contributed by atoms with van der Waals surface area (Å²) in [6.07, 6.45) is 0.929. The molecular formula is C21H19N3O4. The van der Waals surface area contributed by atoms with E-state index in [1.54, 1.807) is 19.1 Å². The number of carbonyl (C=O) groups is 1. The van der Waals surface area contributed by atoms with E-state index in [9.17, 15) is 9.59 Å². The van der Waals surface area contributed by atoms with E-state index in [4.69, 9.17) is 9.47 Å². The van der Waals surface area contributed by atoms with Gasteiger partial charge in [-0.2, -0.15) is 0 Å². The first-order chi connectivity index (χ1) is 13.6. The number of aromatic nitrogens is 2. The Balaban J connectivity index is 1.41. The predicted molar refractivity (Wildman–Crippen MR) is 105 cm³/mol. The average Bonchev–Trinajstić information content (AvgIpc) is 3.14. The van der Waals surface area contributed by atoms with Crippen molar-refractivity contribution in [3.63, 3.8) is 0 Å². The second kappa shape index (κ2) is 7.56. The summed E-state index contributed by atoms with van der Waals surface area (Å²) in [5.74, 6) is 1.82. The van der Waals surface area contributed by atoms with Gasteiger partial charge in [-0.05, 0) is 43.2 Å². The van der Waals surface area contributed by atoms with Gasteiger partial charge in [0.1, 0.15) is 5.82 Å². The van der Waals surface area contributed by atoms with Gasteiger partial charge >= 0.3 is 0 Å². The molecule has 2 heterocycles. The van der Waals surface area contributed by atoms with Crippen molar-refractivity contribution >= 4 is 11.6 Å². The van der Waals surface area contributed by atoms with Crippen LogP contribution in [0.5, 0.6) is 11.5 Å². The van der Waals surface area contributed by atoms with E-state index in [-0.39, 0.29) is 18.3 Å². The van der Waals surface area contributed by atoms with Crippen LogP contribution in [0.4, 0.5) is 5.69 Å². The molecule has 7 nitrogen and oxygen atoms in total. The second-order valence-electron chi connectivity index (χ2n) is 6.55. The standard InChI is InChI=1S/C21H19N3O4/c1-13-9-20(26)24-21(22-13)15-3-2-4-16(11-15)23-19(25)8-6-14-5-7-17-18(10-14)28-12-27-17/h2-5,7,9-11H,6,8,12H2,1H3,(H,23,25)(H,22,24,26). The SMILES string of the molecule is Cc1cc(=O)[nH]c(-c2cccc(NC(=O)CCc3ccc4c(c3)OCO4)c2)n1. The molecule has 1 aliphatic heterocycles. The molecule has 7 heteroatoms. The van der Waals surface area contributed by atoms with Gasteiger partial charge in [-0.25, -0.2) is 4.98 Å². The van der Waals surface area contributed by atoms with E-state index in [0.717, 1.165) is 16.9 Å². The summed E-state index contributed by atoms with van der Waals surface area (Å²) in [5.41, 5.74) is 2.82.